The van der Waals surface area contributed by atoms with Crippen LogP contribution in [0, 0.1) is 5.92 Å². The van der Waals surface area contributed by atoms with E-state index < -0.39 is 11.9 Å². The van der Waals surface area contributed by atoms with E-state index in [1.54, 1.807) is 4.90 Å². The molecule has 0 bridgehead atoms. The van der Waals surface area contributed by atoms with Crippen LogP contribution in [0.5, 0.6) is 0 Å². The molecule has 168 valence electrons. The monoisotopic (exact) mass is 442 g/mol. The van der Waals surface area contributed by atoms with Gasteiger partial charge in [-0.05, 0) is 48.6 Å². The van der Waals surface area contributed by atoms with Gasteiger partial charge in [0.05, 0.1) is 5.69 Å². The molecule has 1 N–H and O–H groups in total. The maximum Gasteiger partial charge on any atom is 0.255 e. The van der Waals surface area contributed by atoms with Crippen LogP contribution in [0.3, 0.4) is 0 Å². The van der Waals surface area contributed by atoms with Gasteiger partial charge in [0.1, 0.15) is 11.9 Å². The lowest BCUT2D eigenvalue weighted by Crippen LogP contribution is -2.52. The fraction of sp³-hybridized carbons (Fsp3) is 0.308. The van der Waals surface area contributed by atoms with Gasteiger partial charge in [-0.1, -0.05) is 38.1 Å². The smallest absolute Gasteiger partial charge is 0.255 e. The number of nitrogens with one attached hydrogen (secondary N) is 1. The van der Waals surface area contributed by atoms with Gasteiger partial charge in [0.2, 0.25) is 11.8 Å². The standard InChI is InChI=1S/C26H26N4O3/c1-16(2)12-19-15-29(20-6-4-3-5-7-20)24(27-19)17-8-9-21-18(13-17)14-30(26(21)33)22-10-11-23(31)28-25(22)32/h3-9,13,15-16,22H,10-12,14H2,1-2H3,(H,28,31,32). The van der Waals surface area contributed by atoms with Crippen molar-refractivity contribution >= 4 is 17.7 Å². The summed E-state index contributed by atoms with van der Waals surface area (Å²) in [6.45, 7) is 4.69. The summed E-state index contributed by atoms with van der Waals surface area (Å²) in [5.41, 5.74) is 4.44. The highest BCUT2D eigenvalue weighted by molar-refractivity contribution is 6.05. The highest BCUT2D eigenvalue weighted by Crippen LogP contribution is 2.32. The molecule has 2 aromatic carbocycles. The molecule has 3 amide bonds. The number of hydrogen-bond donors (Lipinski definition) is 1. The number of carbonyl (C=O) groups is 3. The molecular weight excluding hydrogens is 416 g/mol. The summed E-state index contributed by atoms with van der Waals surface area (Å²) in [6.07, 6.45) is 3.56. The first-order chi connectivity index (χ1) is 15.9. The third-order valence-corrected chi connectivity index (χ3v) is 6.19. The van der Waals surface area contributed by atoms with Crippen molar-refractivity contribution in [2.75, 3.05) is 0 Å². The van der Waals surface area contributed by atoms with Crippen molar-refractivity contribution in [1.29, 1.82) is 0 Å². The zero-order valence-electron chi connectivity index (χ0n) is 18.7. The summed E-state index contributed by atoms with van der Waals surface area (Å²) in [5.74, 6) is 0.458. The minimum Gasteiger partial charge on any atom is -0.322 e. The number of benzene rings is 2. The third-order valence-electron chi connectivity index (χ3n) is 6.19. The Kier molecular flexibility index (Phi) is 5.32. The zero-order chi connectivity index (χ0) is 23.1. The first-order valence-corrected chi connectivity index (χ1v) is 11.3. The van der Waals surface area contributed by atoms with Gasteiger partial charge in [-0.3, -0.25) is 24.3 Å². The summed E-state index contributed by atoms with van der Waals surface area (Å²) >= 11 is 0. The number of piperidine rings is 1. The summed E-state index contributed by atoms with van der Waals surface area (Å²) in [7, 11) is 0. The fourth-order valence-corrected chi connectivity index (χ4v) is 4.65. The van der Waals surface area contributed by atoms with Crippen LogP contribution in [0.4, 0.5) is 0 Å². The molecule has 1 unspecified atom stereocenters. The first kappa shape index (κ1) is 21.1. The Bertz CT molecular complexity index is 1250. The molecule has 3 heterocycles. The Labute approximate surface area is 192 Å². The molecule has 1 fully saturated rings. The zero-order valence-corrected chi connectivity index (χ0v) is 18.7. The molecule has 3 aromatic rings. The molecule has 1 aromatic heterocycles. The number of imidazole rings is 1. The normalized spacial score (nSPS) is 18.1. The number of fused-ring (bicyclic) bond motifs is 1. The average molecular weight is 443 g/mol. The van der Waals surface area contributed by atoms with Gasteiger partial charge in [0.15, 0.2) is 0 Å². The van der Waals surface area contributed by atoms with Crippen LogP contribution in [0.15, 0.2) is 54.7 Å². The number of hydrogen-bond acceptors (Lipinski definition) is 4. The number of carbonyl (C=O) groups excluding carboxylic acids is 3. The molecular formula is C26H26N4O3. The second-order valence-electron chi connectivity index (χ2n) is 9.13. The van der Waals surface area contributed by atoms with E-state index in [-0.39, 0.29) is 18.2 Å². The van der Waals surface area contributed by atoms with E-state index in [9.17, 15) is 14.4 Å². The number of rotatable bonds is 5. The van der Waals surface area contributed by atoms with E-state index in [1.807, 2.05) is 48.5 Å². The molecule has 1 atom stereocenters. The molecule has 0 aliphatic carbocycles. The molecule has 2 aliphatic rings. The highest BCUT2D eigenvalue weighted by Gasteiger charge is 2.39. The van der Waals surface area contributed by atoms with Gasteiger partial charge in [0.25, 0.3) is 5.91 Å². The quantitative estimate of drug-likeness (QED) is 0.613. The molecule has 0 saturated carbocycles. The van der Waals surface area contributed by atoms with Gasteiger partial charge < -0.3 is 4.90 Å². The molecule has 1 saturated heterocycles. The van der Waals surface area contributed by atoms with Crippen LogP contribution in [0.25, 0.3) is 17.1 Å². The topological polar surface area (TPSA) is 84.3 Å². The first-order valence-electron chi connectivity index (χ1n) is 11.3. The van der Waals surface area contributed by atoms with E-state index >= 15 is 0 Å². The van der Waals surface area contributed by atoms with E-state index in [1.165, 1.54) is 0 Å². The number of aromatic nitrogens is 2. The van der Waals surface area contributed by atoms with Crippen LogP contribution in [-0.4, -0.2) is 38.2 Å². The summed E-state index contributed by atoms with van der Waals surface area (Å²) < 4.78 is 2.09. The molecule has 7 heteroatoms. The van der Waals surface area contributed by atoms with Gasteiger partial charge in [0, 0.05) is 36.0 Å². The molecule has 0 spiro atoms. The van der Waals surface area contributed by atoms with Crippen LogP contribution in [-0.2, 0) is 22.6 Å². The molecule has 7 nitrogen and oxygen atoms in total. The van der Waals surface area contributed by atoms with Crippen molar-refractivity contribution in [3.8, 4) is 17.1 Å². The number of nitrogens with zero attached hydrogens (tertiary/aromatic N) is 3. The SMILES string of the molecule is CC(C)Cc1cn(-c2ccccc2)c(-c2ccc3c(c2)CN(C2CCC(=O)NC2=O)C3=O)n1. The fourth-order valence-electron chi connectivity index (χ4n) is 4.65. The lowest BCUT2D eigenvalue weighted by atomic mass is 10.0. The number of amides is 3. The van der Waals surface area contributed by atoms with Crippen molar-refractivity contribution in [1.82, 2.24) is 19.8 Å². The summed E-state index contributed by atoms with van der Waals surface area (Å²) in [4.78, 5) is 43.4. The lowest BCUT2D eigenvalue weighted by molar-refractivity contribution is -0.136. The van der Waals surface area contributed by atoms with Crippen LogP contribution < -0.4 is 5.32 Å². The van der Waals surface area contributed by atoms with Crippen molar-refractivity contribution in [2.45, 2.75) is 45.7 Å². The maximum atomic E-state index is 13.0. The van der Waals surface area contributed by atoms with Crippen LogP contribution in [0.1, 0.15) is 48.3 Å². The van der Waals surface area contributed by atoms with Gasteiger partial charge in [-0.25, -0.2) is 4.98 Å². The van der Waals surface area contributed by atoms with Gasteiger partial charge >= 0.3 is 0 Å². The predicted molar refractivity (Wildman–Crippen MR) is 124 cm³/mol. The molecule has 5 rings (SSSR count). The Morgan fingerprint density at radius 1 is 1.09 bits per heavy atom. The predicted octanol–water partition coefficient (Wildman–Crippen LogP) is 3.50. The highest BCUT2D eigenvalue weighted by atomic mass is 16.2. The lowest BCUT2D eigenvalue weighted by Gasteiger charge is -2.29. The largest absolute Gasteiger partial charge is 0.322 e. The Hall–Kier alpha value is -3.74. The van der Waals surface area contributed by atoms with Crippen molar-refractivity contribution < 1.29 is 14.4 Å². The molecule has 33 heavy (non-hydrogen) atoms. The number of para-hydroxylation sites is 1. The number of imide groups is 1. The average Bonchev–Trinajstić information content (AvgIpc) is 3.35. The molecule has 2 aliphatic heterocycles. The minimum atomic E-state index is -0.616. The maximum absolute atomic E-state index is 13.0. The van der Waals surface area contributed by atoms with Crippen molar-refractivity contribution in [3.05, 3.63) is 71.5 Å². The van der Waals surface area contributed by atoms with E-state index in [0.29, 0.717) is 24.4 Å². The Morgan fingerprint density at radius 3 is 2.61 bits per heavy atom. The molecule has 0 radical (unpaired) electrons. The van der Waals surface area contributed by atoms with Crippen molar-refractivity contribution in [3.63, 3.8) is 0 Å². The summed E-state index contributed by atoms with van der Waals surface area (Å²) in [6, 6.07) is 15.2. The van der Waals surface area contributed by atoms with E-state index in [0.717, 1.165) is 34.8 Å². The van der Waals surface area contributed by atoms with Crippen LogP contribution >= 0.6 is 0 Å². The van der Waals surface area contributed by atoms with Gasteiger partial charge in [-0.15, -0.1) is 0 Å². The second kappa shape index (κ2) is 8.31. The third kappa shape index (κ3) is 3.95. The van der Waals surface area contributed by atoms with E-state index in [4.69, 9.17) is 4.98 Å². The second-order valence-corrected chi connectivity index (χ2v) is 9.13. The minimum absolute atomic E-state index is 0.169. The van der Waals surface area contributed by atoms with Gasteiger partial charge in [-0.2, -0.15) is 0 Å². The summed E-state index contributed by atoms with van der Waals surface area (Å²) in [5, 5.41) is 2.35. The van der Waals surface area contributed by atoms with E-state index in [2.05, 4.69) is 29.9 Å². The Morgan fingerprint density at radius 2 is 1.88 bits per heavy atom. The van der Waals surface area contributed by atoms with Crippen molar-refractivity contribution in [2.24, 2.45) is 5.92 Å². The Balaban J connectivity index is 1.50. The van der Waals surface area contributed by atoms with Crippen LogP contribution in [0.2, 0.25) is 0 Å².